The number of nitrogens with one attached hydrogen (secondary N) is 1. The highest BCUT2D eigenvalue weighted by Crippen LogP contribution is 1.51. The molecule has 5 heteroatoms. The van der Waals surface area contributed by atoms with Gasteiger partial charge in [-0.1, -0.05) is 0 Å². The molecular formula is C3H5N5. The number of aromatic nitrogens is 3. The molecule has 0 aliphatic heterocycles. The lowest BCUT2D eigenvalue weighted by Gasteiger charge is -1.78. The molecule has 0 aliphatic rings. The highest BCUT2D eigenvalue weighted by Gasteiger charge is 1.71. The standard InChI is InChI=1S/C3H5N5/c4-8-3-6-1-5-2-7-3/h1-2H,4H2,(H,5,6,7,8). The van der Waals surface area contributed by atoms with Crippen LogP contribution < -0.4 is 11.5 Å². The molecule has 5 nitrogen and oxygen atoms in total. The van der Waals surface area contributed by atoms with E-state index in [2.05, 4.69) is 20.1 Å². The first-order valence-corrected chi connectivity index (χ1v) is 2.02. The lowest BCUT2D eigenvalue weighted by atomic mass is 11.0. The molecule has 0 unspecified atom stereocenters. The van der Waals surface area contributed by atoms with Crippen molar-refractivity contribution in [2.75, 3.05) is 0 Å². The fourth-order valence-electron chi connectivity index (χ4n) is 0.324. The summed E-state index contributed by atoms with van der Waals surface area (Å²) in [4.78, 5) is 9.85. The van der Waals surface area contributed by atoms with Crippen LogP contribution in [0.5, 0.6) is 0 Å². The molecule has 8 heavy (non-hydrogen) atoms. The van der Waals surface area contributed by atoms with Crippen molar-refractivity contribution < 1.29 is 0 Å². The second-order valence-electron chi connectivity index (χ2n) is 1.12. The lowest BCUT2D eigenvalue weighted by Crippen LogP contribution is -2.13. The predicted molar refractivity (Wildman–Crippen MR) is 26.1 cm³/mol. The Balaban J connectivity index is 3.20. The van der Waals surface area contributed by atoms with Gasteiger partial charge >= 0.3 is 0 Å². The number of hydrogen-bond acceptors (Lipinski definition) is 4. The molecule has 3 N–H and O–H groups in total. The van der Waals surface area contributed by atoms with Crippen LogP contribution in [0.1, 0.15) is 0 Å². The Morgan fingerprint density at radius 1 is 1.75 bits per heavy atom. The summed E-state index contributed by atoms with van der Waals surface area (Å²) in [5, 5.41) is 3.26. The van der Waals surface area contributed by atoms with Crippen LogP contribution in [0.3, 0.4) is 0 Å². The molecule has 0 bridgehead atoms. The predicted octanol–water partition coefficient (Wildman–Crippen LogP) is -1.42. The molecule has 0 atom stereocenters. The number of hydrogen-bond donors (Lipinski definition) is 2. The third-order valence-corrected chi connectivity index (χ3v) is 0.637. The zero-order valence-corrected chi connectivity index (χ0v) is 4.07. The summed E-state index contributed by atoms with van der Waals surface area (Å²) in [6.07, 6.45) is 2.82. The van der Waals surface area contributed by atoms with Gasteiger partial charge in [0.15, 0.2) is 0 Å². The zero-order valence-electron chi connectivity index (χ0n) is 4.07. The van der Waals surface area contributed by atoms with E-state index < -0.39 is 0 Å². The van der Waals surface area contributed by atoms with E-state index in [-0.39, 0.29) is 0 Å². The van der Waals surface area contributed by atoms with Gasteiger partial charge in [-0.3, -0.25) is 0 Å². The number of nitrogens with zero attached hydrogens (tertiary/aromatic N) is 3. The quantitative estimate of drug-likeness (QED) is 0.318. The molecule has 1 aromatic heterocycles. The maximum Gasteiger partial charge on any atom is 0.246 e. The summed E-state index contributed by atoms with van der Waals surface area (Å²) in [6.45, 7) is 0. The summed E-state index contributed by atoms with van der Waals surface area (Å²) >= 11 is 0. The Hall–Kier alpha value is -1.39. The van der Waals surface area contributed by atoms with E-state index in [9.17, 15) is 0 Å². The van der Waals surface area contributed by atoms with E-state index in [1.165, 1.54) is 12.7 Å². The average molecular weight is 111 g/mol. The van der Waals surface area contributed by atoms with Gasteiger partial charge in [0, 0.05) is 0 Å². The Labute approximate surface area is 45.3 Å². The fraction of sp³-hybridized carbons (Fsp3) is 0. The number of nitrogens with two attached hydrogens (primary N) is 1. The topological polar surface area (TPSA) is 79.9 Å². The first kappa shape index (κ1) is 4.76. The van der Waals surface area contributed by atoms with Gasteiger partial charge in [-0.05, 0) is 0 Å². The molecule has 0 radical (unpaired) electrons. The summed E-state index contributed by atoms with van der Waals surface area (Å²) in [7, 11) is 0. The highest BCUT2D eigenvalue weighted by atomic mass is 15.2. The summed E-state index contributed by atoms with van der Waals surface area (Å²) in [5.74, 6) is 4.85. The first-order chi connectivity index (χ1) is 3.93. The van der Waals surface area contributed by atoms with Crippen LogP contribution >= 0.6 is 0 Å². The van der Waals surface area contributed by atoms with Crippen molar-refractivity contribution >= 4 is 0 Å². The first-order valence-electron chi connectivity index (χ1n) is 2.02. The molecule has 1 rings (SSSR count). The van der Waals surface area contributed by atoms with Crippen LogP contribution in [0.15, 0.2) is 17.8 Å². The van der Waals surface area contributed by atoms with Gasteiger partial charge in [0.05, 0.1) is 6.33 Å². The smallest absolute Gasteiger partial charge is 0.246 e. The third-order valence-electron chi connectivity index (χ3n) is 0.637. The van der Waals surface area contributed by atoms with Gasteiger partial charge in [-0.2, -0.15) is 4.98 Å². The van der Waals surface area contributed by atoms with Crippen molar-refractivity contribution in [2.45, 2.75) is 0 Å². The third kappa shape index (κ3) is 0.810. The lowest BCUT2D eigenvalue weighted by molar-refractivity contribution is 0.903. The number of rotatable bonds is 0. The van der Waals surface area contributed by atoms with Crippen LogP contribution in [-0.2, 0) is 0 Å². The van der Waals surface area contributed by atoms with Crippen LogP contribution in [-0.4, -0.2) is 15.0 Å². The van der Waals surface area contributed by atoms with E-state index in [4.69, 9.17) is 5.84 Å². The van der Waals surface area contributed by atoms with Crippen molar-refractivity contribution in [2.24, 2.45) is 10.9 Å². The van der Waals surface area contributed by atoms with Gasteiger partial charge in [0.25, 0.3) is 0 Å². The van der Waals surface area contributed by atoms with Crippen molar-refractivity contribution in [3.8, 4) is 0 Å². The highest BCUT2D eigenvalue weighted by molar-refractivity contribution is 4.53. The Kier molecular flexibility index (Phi) is 1.23. The van der Waals surface area contributed by atoms with Gasteiger partial charge in [0.2, 0.25) is 5.62 Å². The van der Waals surface area contributed by atoms with Crippen LogP contribution in [0.2, 0.25) is 0 Å². The molecule has 0 aromatic carbocycles. The zero-order chi connectivity index (χ0) is 5.82. The van der Waals surface area contributed by atoms with Gasteiger partial charge in [-0.15, -0.1) is 5.10 Å². The normalized spacial score (nSPS) is 11.8. The minimum Gasteiger partial charge on any atom is -0.320 e. The summed E-state index contributed by atoms with van der Waals surface area (Å²) in [6, 6.07) is 0. The molecule has 42 valence electrons. The Morgan fingerprint density at radius 2 is 2.62 bits per heavy atom. The molecule has 1 aromatic rings. The largest absolute Gasteiger partial charge is 0.320 e. The number of aromatic amines is 1. The minimum absolute atomic E-state index is 0.375. The average Bonchev–Trinajstić information content (AvgIpc) is 1.90. The Morgan fingerprint density at radius 3 is 3.00 bits per heavy atom. The van der Waals surface area contributed by atoms with Crippen molar-refractivity contribution in [1.29, 1.82) is 0 Å². The maximum atomic E-state index is 4.85. The molecular weight excluding hydrogens is 106 g/mol. The van der Waals surface area contributed by atoms with Gasteiger partial charge < -0.3 is 10.8 Å². The Bertz CT molecular complexity index is 195. The molecule has 0 spiro atoms. The maximum absolute atomic E-state index is 4.85. The van der Waals surface area contributed by atoms with E-state index >= 15 is 0 Å². The van der Waals surface area contributed by atoms with Crippen molar-refractivity contribution in [3.63, 3.8) is 0 Å². The van der Waals surface area contributed by atoms with Crippen molar-refractivity contribution in [1.82, 2.24) is 15.0 Å². The minimum atomic E-state index is 0.375. The van der Waals surface area contributed by atoms with Gasteiger partial charge in [-0.25, -0.2) is 4.98 Å². The monoisotopic (exact) mass is 111 g/mol. The second-order valence-corrected chi connectivity index (χ2v) is 1.12. The molecule has 0 aliphatic carbocycles. The van der Waals surface area contributed by atoms with Crippen LogP contribution in [0.4, 0.5) is 0 Å². The van der Waals surface area contributed by atoms with E-state index in [0.29, 0.717) is 5.62 Å². The van der Waals surface area contributed by atoms with Crippen molar-refractivity contribution in [3.05, 3.63) is 18.3 Å². The second kappa shape index (κ2) is 2.06. The molecule has 0 saturated carbocycles. The summed E-state index contributed by atoms with van der Waals surface area (Å²) < 4.78 is 0. The van der Waals surface area contributed by atoms with E-state index in [0.717, 1.165) is 0 Å². The van der Waals surface area contributed by atoms with Crippen LogP contribution in [0, 0.1) is 0 Å². The van der Waals surface area contributed by atoms with E-state index in [1.54, 1.807) is 0 Å². The van der Waals surface area contributed by atoms with E-state index in [1.807, 2.05) is 0 Å². The molecule has 1 heterocycles. The molecule has 0 saturated heterocycles. The van der Waals surface area contributed by atoms with Gasteiger partial charge in [0.1, 0.15) is 6.33 Å². The fourth-order valence-corrected chi connectivity index (χ4v) is 0.324. The van der Waals surface area contributed by atoms with Crippen LogP contribution in [0.25, 0.3) is 0 Å². The summed E-state index contributed by atoms with van der Waals surface area (Å²) in [5.41, 5.74) is 0.375. The SMILES string of the molecule is NN=c1ncnc[nH]1. The molecule has 0 amide bonds. The molecule has 0 fully saturated rings. The number of H-pyrrole nitrogens is 1.